The van der Waals surface area contributed by atoms with Gasteiger partial charge >= 0.3 is 0 Å². The number of hydrogen-bond donors (Lipinski definition) is 1. The zero-order valence-corrected chi connectivity index (χ0v) is 8.08. The van der Waals surface area contributed by atoms with Gasteiger partial charge in [-0.15, -0.1) is 0 Å². The van der Waals surface area contributed by atoms with Gasteiger partial charge in [-0.05, 0) is 12.8 Å². The number of nitrogens with two attached hydrogens (primary N) is 1. The predicted octanol–water partition coefficient (Wildman–Crippen LogP) is -0.566. The Kier molecular flexibility index (Phi) is 4.87. The third-order valence-corrected chi connectivity index (χ3v) is 2.83. The summed E-state index contributed by atoms with van der Waals surface area (Å²) in [5, 5.41) is 4.97. The van der Waals surface area contributed by atoms with Crippen LogP contribution < -0.4 is 5.14 Å². The van der Waals surface area contributed by atoms with Gasteiger partial charge in [-0.3, -0.25) is 5.14 Å². The largest absolute Gasteiger partial charge is 0.252 e. The summed E-state index contributed by atoms with van der Waals surface area (Å²) in [4.78, 5) is 0. The van der Waals surface area contributed by atoms with E-state index in [1.165, 1.54) is 6.26 Å². The molecule has 0 radical (unpaired) electrons. The van der Waals surface area contributed by atoms with E-state index in [4.69, 9.17) is 5.14 Å². The monoisotopic (exact) mass is 199 g/mol. The van der Waals surface area contributed by atoms with Crippen LogP contribution in [0.5, 0.6) is 0 Å². The van der Waals surface area contributed by atoms with Crippen molar-refractivity contribution >= 4 is 20.8 Å². The van der Waals surface area contributed by atoms with Crippen LogP contribution in [-0.2, 0) is 20.8 Å². The molecule has 1 atom stereocenters. The van der Waals surface area contributed by atoms with Crippen LogP contribution in [0.2, 0.25) is 0 Å². The van der Waals surface area contributed by atoms with Crippen LogP contribution in [0.4, 0.5) is 0 Å². The molecular weight excluding hydrogens is 186 g/mol. The molecule has 0 saturated heterocycles. The van der Waals surface area contributed by atoms with Gasteiger partial charge in [0.25, 0.3) is 0 Å². The Morgan fingerprint density at radius 1 is 1.36 bits per heavy atom. The molecule has 0 aliphatic carbocycles. The molecule has 0 heterocycles. The molecule has 0 aromatic rings. The average Bonchev–Trinajstić information content (AvgIpc) is 1.78. The Labute approximate surface area is 69.7 Å². The van der Waals surface area contributed by atoms with Crippen molar-refractivity contribution in [3.63, 3.8) is 0 Å². The highest BCUT2D eigenvalue weighted by molar-refractivity contribution is 7.90. The summed E-state index contributed by atoms with van der Waals surface area (Å²) >= 11 is 0. The highest BCUT2D eigenvalue weighted by Gasteiger charge is 2.01. The maximum atomic E-state index is 10.6. The molecule has 0 rings (SSSR count). The summed E-state index contributed by atoms with van der Waals surface area (Å²) in [5.74, 6) is 0.541. The van der Waals surface area contributed by atoms with E-state index in [0.717, 1.165) is 0 Å². The van der Waals surface area contributed by atoms with E-state index in [1.807, 2.05) is 0 Å². The van der Waals surface area contributed by atoms with Crippen molar-refractivity contribution in [2.75, 3.05) is 17.8 Å². The van der Waals surface area contributed by atoms with Gasteiger partial charge in [0.1, 0.15) is 9.84 Å². The van der Waals surface area contributed by atoms with Crippen molar-refractivity contribution in [1.82, 2.24) is 0 Å². The van der Waals surface area contributed by atoms with Gasteiger partial charge in [-0.25, -0.2) is 12.6 Å². The Balaban J connectivity index is 3.37. The normalized spacial score (nSPS) is 14.7. The van der Waals surface area contributed by atoms with Gasteiger partial charge < -0.3 is 0 Å². The minimum atomic E-state index is -2.86. The lowest BCUT2D eigenvalue weighted by Crippen LogP contribution is -2.09. The standard InChI is InChI=1S/C5H13NO3S2/c1-11(8,9)5-3-2-4-10(6)7/h2-6H2,1H3. The molecule has 0 aliphatic heterocycles. The van der Waals surface area contributed by atoms with Crippen LogP contribution in [0, 0.1) is 0 Å². The van der Waals surface area contributed by atoms with Crippen molar-refractivity contribution in [2.24, 2.45) is 5.14 Å². The molecule has 4 nitrogen and oxygen atoms in total. The van der Waals surface area contributed by atoms with Crippen LogP contribution >= 0.6 is 0 Å². The molecule has 0 spiro atoms. The Hall–Kier alpha value is 0.0600. The lowest BCUT2D eigenvalue weighted by molar-refractivity contribution is 0.598. The first-order chi connectivity index (χ1) is 4.92. The van der Waals surface area contributed by atoms with Crippen LogP contribution in [0.15, 0.2) is 0 Å². The van der Waals surface area contributed by atoms with Crippen LogP contribution in [0.25, 0.3) is 0 Å². The molecule has 0 fully saturated rings. The molecule has 0 amide bonds. The molecule has 11 heavy (non-hydrogen) atoms. The second-order valence-corrected chi connectivity index (χ2v) is 5.85. The van der Waals surface area contributed by atoms with Crippen molar-refractivity contribution in [2.45, 2.75) is 12.8 Å². The van der Waals surface area contributed by atoms with Gasteiger partial charge in [0.2, 0.25) is 0 Å². The SMILES string of the molecule is CS(=O)(=O)CCCCS(N)=O. The summed E-state index contributed by atoms with van der Waals surface area (Å²) in [5.41, 5.74) is 0. The lowest BCUT2D eigenvalue weighted by atomic mass is 10.4. The summed E-state index contributed by atoms with van der Waals surface area (Å²) in [6, 6.07) is 0. The molecule has 6 heteroatoms. The predicted molar refractivity (Wildman–Crippen MR) is 46.1 cm³/mol. The second-order valence-electron chi connectivity index (χ2n) is 2.42. The van der Waals surface area contributed by atoms with E-state index < -0.39 is 20.8 Å². The first-order valence-electron chi connectivity index (χ1n) is 3.22. The number of hydrogen-bond acceptors (Lipinski definition) is 3. The number of unbranched alkanes of at least 4 members (excludes halogenated alkanes) is 1. The first-order valence-corrected chi connectivity index (χ1v) is 6.66. The van der Waals surface area contributed by atoms with Crippen molar-refractivity contribution in [3.8, 4) is 0 Å². The molecule has 0 bridgehead atoms. The molecule has 0 aromatic heterocycles. The topological polar surface area (TPSA) is 77.2 Å². The van der Waals surface area contributed by atoms with Crippen LogP contribution in [0.3, 0.4) is 0 Å². The molecule has 0 aromatic carbocycles. The van der Waals surface area contributed by atoms with E-state index in [-0.39, 0.29) is 5.75 Å². The first kappa shape index (κ1) is 11.1. The summed E-state index contributed by atoms with van der Waals surface area (Å²) in [7, 11) is -4.15. The average molecular weight is 199 g/mol. The highest BCUT2D eigenvalue weighted by atomic mass is 32.2. The van der Waals surface area contributed by atoms with E-state index in [2.05, 4.69) is 0 Å². The van der Waals surface area contributed by atoms with E-state index in [9.17, 15) is 12.6 Å². The second kappa shape index (κ2) is 4.84. The van der Waals surface area contributed by atoms with Crippen molar-refractivity contribution < 1.29 is 12.6 Å². The van der Waals surface area contributed by atoms with E-state index >= 15 is 0 Å². The quantitative estimate of drug-likeness (QED) is 0.603. The molecule has 68 valence electrons. The van der Waals surface area contributed by atoms with Crippen LogP contribution in [0.1, 0.15) is 12.8 Å². The number of rotatable bonds is 5. The summed E-state index contributed by atoms with van der Waals surface area (Å²) in [6.45, 7) is 0. The lowest BCUT2D eigenvalue weighted by Gasteiger charge is -1.96. The van der Waals surface area contributed by atoms with Crippen molar-refractivity contribution in [3.05, 3.63) is 0 Å². The third-order valence-electron chi connectivity index (χ3n) is 1.11. The van der Waals surface area contributed by atoms with Crippen LogP contribution in [-0.4, -0.2) is 30.4 Å². The van der Waals surface area contributed by atoms with Gasteiger partial charge in [0, 0.05) is 17.8 Å². The van der Waals surface area contributed by atoms with Gasteiger partial charge in [-0.2, -0.15) is 0 Å². The van der Waals surface area contributed by atoms with Gasteiger partial charge in [0.15, 0.2) is 0 Å². The molecule has 0 saturated carbocycles. The smallest absolute Gasteiger partial charge is 0.147 e. The number of sulfone groups is 1. The van der Waals surface area contributed by atoms with Gasteiger partial charge in [-0.1, -0.05) is 0 Å². The molecule has 0 aliphatic rings. The summed E-state index contributed by atoms with van der Waals surface area (Å²) in [6.07, 6.45) is 2.34. The Morgan fingerprint density at radius 2 is 1.91 bits per heavy atom. The Morgan fingerprint density at radius 3 is 2.27 bits per heavy atom. The van der Waals surface area contributed by atoms with Crippen molar-refractivity contribution in [1.29, 1.82) is 0 Å². The van der Waals surface area contributed by atoms with E-state index in [0.29, 0.717) is 18.6 Å². The molecule has 1 unspecified atom stereocenters. The fourth-order valence-electron chi connectivity index (χ4n) is 0.609. The molecule has 2 N–H and O–H groups in total. The van der Waals surface area contributed by atoms with Gasteiger partial charge in [0.05, 0.1) is 11.0 Å². The third kappa shape index (κ3) is 10.1. The maximum Gasteiger partial charge on any atom is 0.147 e. The van der Waals surface area contributed by atoms with E-state index in [1.54, 1.807) is 0 Å². The fourth-order valence-corrected chi connectivity index (χ4v) is 1.83. The maximum absolute atomic E-state index is 10.6. The minimum absolute atomic E-state index is 0.157. The highest BCUT2D eigenvalue weighted by Crippen LogP contribution is 1.94. The Bertz CT molecular complexity index is 222. The zero-order chi connectivity index (χ0) is 8.91. The zero-order valence-electron chi connectivity index (χ0n) is 6.45. The minimum Gasteiger partial charge on any atom is -0.252 e. The summed E-state index contributed by atoms with van der Waals surface area (Å²) < 4.78 is 31.4. The molecular formula is C5H13NO3S2. The fraction of sp³-hybridized carbons (Fsp3) is 1.00.